The molecule has 3 rings (SSSR count). The molecule has 2 aromatic rings. The molecule has 29 heavy (non-hydrogen) atoms. The molecule has 158 valence electrons. The molecular formula is C23H32ClN3O2. The Balaban J connectivity index is 0.00000300. The van der Waals surface area contributed by atoms with Gasteiger partial charge in [-0.05, 0) is 68.0 Å². The minimum absolute atomic E-state index is 0. The van der Waals surface area contributed by atoms with Gasteiger partial charge in [0.25, 0.3) is 0 Å². The molecular weight excluding hydrogens is 386 g/mol. The Morgan fingerprint density at radius 1 is 1.07 bits per heavy atom. The Kier molecular flexibility index (Phi) is 9.81. The third-order valence-electron chi connectivity index (χ3n) is 4.98. The summed E-state index contributed by atoms with van der Waals surface area (Å²) in [6.45, 7) is 6.09. The van der Waals surface area contributed by atoms with Gasteiger partial charge in [0, 0.05) is 31.9 Å². The van der Waals surface area contributed by atoms with Gasteiger partial charge in [-0.15, -0.1) is 12.4 Å². The fraction of sp³-hybridized carbons (Fsp3) is 0.435. The van der Waals surface area contributed by atoms with Gasteiger partial charge in [-0.1, -0.05) is 24.3 Å². The summed E-state index contributed by atoms with van der Waals surface area (Å²) in [6, 6.07) is 16.4. The van der Waals surface area contributed by atoms with E-state index >= 15 is 0 Å². The van der Waals surface area contributed by atoms with Crippen LogP contribution >= 0.6 is 12.4 Å². The van der Waals surface area contributed by atoms with E-state index < -0.39 is 0 Å². The third kappa shape index (κ3) is 7.95. The predicted molar refractivity (Wildman–Crippen MR) is 121 cm³/mol. The number of ether oxygens (including phenoxy) is 1. The highest BCUT2D eigenvalue weighted by Crippen LogP contribution is 2.15. The second-order valence-electron chi connectivity index (χ2n) is 7.34. The molecule has 0 radical (unpaired) electrons. The van der Waals surface area contributed by atoms with E-state index in [2.05, 4.69) is 41.8 Å². The topological polar surface area (TPSA) is 53.6 Å². The van der Waals surface area contributed by atoms with Gasteiger partial charge in [0.2, 0.25) is 0 Å². The summed E-state index contributed by atoms with van der Waals surface area (Å²) >= 11 is 0. The number of unbranched alkanes of at least 4 members (excludes halogenated alkanes) is 2. The molecule has 1 fully saturated rings. The van der Waals surface area contributed by atoms with E-state index in [0.29, 0.717) is 0 Å². The van der Waals surface area contributed by atoms with Gasteiger partial charge in [-0.25, -0.2) is 4.79 Å². The summed E-state index contributed by atoms with van der Waals surface area (Å²) in [6.07, 6.45) is 4.40. The van der Waals surface area contributed by atoms with Crippen molar-refractivity contribution in [2.75, 3.05) is 38.1 Å². The minimum Gasteiger partial charge on any atom is -0.494 e. The average Bonchev–Trinajstić information content (AvgIpc) is 2.72. The Bertz CT molecular complexity index is 746. The van der Waals surface area contributed by atoms with Gasteiger partial charge in [0.05, 0.1) is 6.61 Å². The van der Waals surface area contributed by atoms with Crippen LogP contribution in [0.1, 0.15) is 30.4 Å². The predicted octanol–water partition coefficient (Wildman–Crippen LogP) is 4.65. The van der Waals surface area contributed by atoms with Crippen molar-refractivity contribution in [2.45, 2.75) is 32.6 Å². The van der Waals surface area contributed by atoms with Crippen molar-refractivity contribution in [3.63, 3.8) is 0 Å². The van der Waals surface area contributed by atoms with Crippen molar-refractivity contribution >= 4 is 24.1 Å². The van der Waals surface area contributed by atoms with Crippen molar-refractivity contribution in [2.24, 2.45) is 0 Å². The van der Waals surface area contributed by atoms with E-state index in [1.54, 1.807) is 0 Å². The molecule has 0 bridgehead atoms. The highest BCUT2D eigenvalue weighted by Gasteiger charge is 2.15. The average molecular weight is 418 g/mol. The van der Waals surface area contributed by atoms with Gasteiger partial charge in [-0.3, -0.25) is 0 Å². The lowest BCUT2D eigenvalue weighted by Gasteiger charge is -2.27. The van der Waals surface area contributed by atoms with Crippen LogP contribution in [0.2, 0.25) is 0 Å². The number of carbonyl (C=O) groups is 1. The van der Waals surface area contributed by atoms with E-state index in [4.69, 9.17) is 4.74 Å². The second-order valence-corrected chi connectivity index (χ2v) is 7.34. The summed E-state index contributed by atoms with van der Waals surface area (Å²) in [7, 11) is 0. The largest absolute Gasteiger partial charge is 0.494 e. The Morgan fingerprint density at radius 2 is 1.83 bits per heavy atom. The first kappa shape index (κ1) is 23.0. The number of nitrogens with one attached hydrogen (secondary N) is 2. The number of aryl methyl sites for hydroxylation is 2. The number of halogens is 1. The summed E-state index contributed by atoms with van der Waals surface area (Å²) < 4.78 is 5.79. The van der Waals surface area contributed by atoms with Crippen LogP contribution in [0.3, 0.4) is 0 Å². The van der Waals surface area contributed by atoms with Crippen LogP contribution in [0.25, 0.3) is 0 Å². The first-order valence-corrected chi connectivity index (χ1v) is 10.3. The normalized spacial score (nSPS) is 13.5. The number of rotatable bonds is 8. The van der Waals surface area contributed by atoms with Crippen LogP contribution in [0.4, 0.5) is 10.5 Å². The lowest BCUT2D eigenvalue weighted by atomic mass is 10.1. The first-order valence-electron chi connectivity index (χ1n) is 10.3. The Hall–Kier alpha value is -2.24. The van der Waals surface area contributed by atoms with Crippen LogP contribution in [-0.4, -0.2) is 43.7 Å². The lowest BCUT2D eigenvalue weighted by Crippen LogP contribution is -2.48. The van der Waals surface area contributed by atoms with E-state index in [-0.39, 0.29) is 18.4 Å². The van der Waals surface area contributed by atoms with Crippen molar-refractivity contribution in [3.05, 3.63) is 59.7 Å². The summed E-state index contributed by atoms with van der Waals surface area (Å²) in [5.74, 6) is 0.957. The van der Waals surface area contributed by atoms with Crippen LogP contribution < -0.4 is 15.4 Å². The van der Waals surface area contributed by atoms with Crippen LogP contribution in [-0.2, 0) is 6.42 Å². The van der Waals surface area contributed by atoms with Gasteiger partial charge in [0.1, 0.15) is 5.75 Å². The number of nitrogens with zero attached hydrogens (tertiary/aromatic N) is 1. The molecule has 0 aromatic heterocycles. The number of urea groups is 1. The zero-order valence-electron chi connectivity index (χ0n) is 17.2. The van der Waals surface area contributed by atoms with E-state index in [1.807, 2.05) is 29.2 Å². The quantitative estimate of drug-likeness (QED) is 0.615. The van der Waals surface area contributed by atoms with Gasteiger partial charge >= 0.3 is 6.03 Å². The zero-order chi connectivity index (χ0) is 19.6. The maximum absolute atomic E-state index is 12.2. The highest BCUT2D eigenvalue weighted by molar-refractivity contribution is 5.89. The number of benzene rings is 2. The van der Waals surface area contributed by atoms with E-state index in [0.717, 1.165) is 69.9 Å². The number of amides is 2. The maximum Gasteiger partial charge on any atom is 0.321 e. The summed E-state index contributed by atoms with van der Waals surface area (Å²) in [5, 5.41) is 6.24. The van der Waals surface area contributed by atoms with Crippen LogP contribution in [0, 0.1) is 6.92 Å². The molecule has 0 saturated carbocycles. The third-order valence-corrected chi connectivity index (χ3v) is 4.98. The number of carbonyl (C=O) groups excluding carboxylic acids is 1. The molecule has 0 atom stereocenters. The van der Waals surface area contributed by atoms with Crippen molar-refractivity contribution in [1.29, 1.82) is 0 Å². The fourth-order valence-electron chi connectivity index (χ4n) is 3.33. The number of anilines is 1. The molecule has 1 saturated heterocycles. The van der Waals surface area contributed by atoms with Crippen LogP contribution in [0.15, 0.2) is 48.5 Å². The zero-order valence-corrected chi connectivity index (χ0v) is 18.0. The highest BCUT2D eigenvalue weighted by atomic mass is 35.5. The number of hydrogen-bond acceptors (Lipinski definition) is 3. The van der Waals surface area contributed by atoms with E-state index in [9.17, 15) is 4.79 Å². The van der Waals surface area contributed by atoms with Gasteiger partial charge < -0.3 is 20.3 Å². The molecule has 1 aliphatic rings. The van der Waals surface area contributed by atoms with E-state index in [1.165, 1.54) is 11.1 Å². The second kappa shape index (κ2) is 12.3. The molecule has 6 heteroatoms. The fourth-order valence-corrected chi connectivity index (χ4v) is 3.33. The number of piperazine rings is 1. The van der Waals surface area contributed by atoms with Gasteiger partial charge in [-0.2, -0.15) is 0 Å². The molecule has 0 aliphatic carbocycles. The first-order chi connectivity index (χ1) is 13.7. The summed E-state index contributed by atoms with van der Waals surface area (Å²) in [5.41, 5.74) is 3.39. The van der Waals surface area contributed by atoms with Crippen LogP contribution in [0.5, 0.6) is 5.75 Å². The SMILES string of the molecule is Cc1cccc(OCCCCCc2ccc(NC(=O)N3CCNCC3)cc2)c1.Cl. The summed E-state index contributed by atoms with van der Waals surface area (Å²) in [4.78, 5) is 14.1. The molecule has 2 N–H and O–H groups in total. The molecule has 1 aliphatic heterocycles. The van der Waals surface area contributed by atoms with Crippen molar-refractivity contribution in [1.82, 2.24) is 10.2 Å². The Labute approximate surface area is 180 Å². The maximum atomic E-state index is 12.2. The molecule has 0 spiro atoms. The minimum atomic E-state index is -0.0112. The number of hydrogen-bond donors (Lipinski definition) is 2. The molecule has 2 amide bonds. The molecule has 1 heterocycles. The van der Waals surface area contributed by atoms with Crippen molar-refractivity contribution in [3.8, 4) is 5.75 Å². The van der Waals surface area contributed by atoms with Gasteiger partial charge in [0.15, 0.2) is 0 Å². The monoisotopic (exact) mass is 417 g/mol. The Morgan fingerprint density at radius 3 is 2.55 bits per heavy atom. The standard InChI is InChI=1S/C23H31N3O2.ClH/c1-19-6-5-8-22(18-19)28-17-4-2-3-7-20-9-11-21(12-10-20)25-23(27)26-15-13-24-14-16-26;/h5-6,8-12,18,24H,2-4,7,13-17H2,1H3,(H,25,27);1H. The molecule has 0 unspecified atom stereocenters. The van der Waals surface area contributed by atoms with Crippen molar-refractivity contribution < 1.29 is 9.53 Å². The smallest absolute Gasteiger partial charge is 0.321 e. The molecule has 2 aromatic carbocycles. The molecule has 5 nitrogen and oxygen atoms in total. The lowest BCUT2D eigenvalue weighted by molar-refractivity contribution is 0.204.